The summed E-state index contributed by atoms with van der Waals surface area (Å²) in [6, 6.07) is 18.4. The van der Waals surface area contributed by atoms with Crippen LogP contribution in [0, 0.1) is 5.92 Å². The van der Waals surface area contributed by atoms with Crippen LogP contribution < -0.4 is 9.47 Å². The molecule has 0 aliphatic heterocycles. The fourth-order valence-corrected chi connectivity index (χ4v) is 4.69. The molecule has 6 nitrogen and oxygen atoms in total. The van der Waals surface area contributed by atoms with Crippen molar-refractivity contribution in [2.45, 2.75) is 31.8 Å². The Balaban J connectivity index is 1.34. The number of nitrogens with one attached hydrogen (secondary N) is 1. The van der Waals surface area contributed by atoms with Crippen molar-refractivity contribution < 1.29 is 14.6 Å². The summed E-state index contributed by atoms with van der Waals surface area (Å²) in [6.45, 7) is 3.66. The van der Waals surface area contributed by atoms with Gasteiger partial charge in [0.05, 0.1) is 29.1 Å². The molecule has 7 heteroatoms. The van der Waals surface area contributed by atoms with Crippen LogP contribution in [0.1, 0.15) is 25.7 Å². The highest BCUT2D eigenvalue weighted by atomic mass is 35.5. The monoisotopic (exact) mass is 475 g/mol. The Kier molecular flexibility index (Phi) is 6.16. The molecule has 1 fully saturated rings. The van der Waals surface area contributed by atoms with Crippen LogP contribution in [0.5, 0.6) is 11.8 Å². The number of benzene rings is 2. The zero-order valence-corrected chi connectivity index (χ0v) is 19.7. The molecular weight excluding hydrogens is 450 g/mol. The number of imidazole rings is 1. The van der Waals surface area contributed by atoms with Gasteiger partial charge in [-0.1, -0.05) is 54.6 Å². The van der Waals surface area contributed by atoms with Crippen molar-refractivity contribution >= 4 is 22.8 Å². The first-order valence-corrected chi connectivity index (χ1v) is 11.7. The number of aliphatic hydroxyl groups excluding tert-OH is 1. The zero-order valence-electron chi connectivity index (χ0n) is 18.9. The second kappa shape index (κ2) is 9.39. The summed E-state index contributed by atoms with van der Waals surface area (Å²) in [7, 11) is 1.66. The molecule has 4 aromatic rings. The molecule has 0 spiro atoms. The molecule has 0 radical (unpaired) electrons. The van der Waals surface area contributed by atoms with E-state index >= 15 is 0 Å². The summed E-state index contributed by atoms with van der Waals surface area (Å²) in [6.07, 6.45) is 3.47. The van der Waals surface area contributed by atoms with Gasteiger partial charge >= 0.3 is 0 Å². The largest absolute Gasteiger partial charge is 0.513 e. The lowest BCUT2D eigenvalue weighted by Gasteiger charge is -2.27. The number of aliphatic hydroxyl groups is 1. The minimum Gasteiger partial charge on any atom is -0.513 e. The molecule has 2 N–H and O–H groups in total. The van der Waals surface area contributed by atoms with E-state index < -0.39 is 0 Å². The quantitative estimate of drug-likeness (QED) is 0.294. The number of pyridine rings is 1. The normalized spacial score (nSPS) is 18.1. The van der Waals surface area contributed by atoms with Crippen LogP contribution in [0.25, 0.3) is 33.5 Å². The molecule has 2 aromatic carbocycles. The van der Waals surface area contributed by atoms with Crippen LogP contribution >= 0.6 is 11.6 Å². The van der Waals surface area contributed by atoms with Crippen molar-refractivity contribution in [1.82, 2.24) is 15.0 Å². The van der Waals surface area contributed by atoms with Gasteiger partial charge in [-0.15, -0.1) is 0 Å². The minimum atomic E-state index is 0.0524. The van der Waals surface area contributed by atoms with Gasteiger partial charge in [-0.25, -0.2) is 4.98 Å². The van der Waals surface area contributed by atoms with E-state index in [1.807, 2.05) is 42.5 Å². The molecule has 1 aliphatic rings. The Hall–Kier alpha value is -3.51. The number of aromatic amines is 1. The number of aromatic nitrogens is 3. The van der Waals surface area contributed by atoms with Crippen LogP contribution in [0.4, 0.5) is 0 Å². The van der Waals surface area contributed by atoms with Crippen molar-refractivity contribution in [2.24, 2.45) is 5.92 Å². The Labute approximate surface area is 203 Å². The molecule has 0 bridgehead atoms. The molecule has 1 aliphatic carbocycles. The summed E-state index contributed by atoms with van der Waals surface area (Å²) in [5.41, 5.74) is 5.08. The standard InChI is InChI=1S/C27H26ClN3O3/c1-16(32)17-7-13-22(14-8-17)34-27-29-24-15-23(28)25(30-26(24)31-27)20-5-3-18(4-6-20)19-9-11-21(33-2)12-10-19/h3-6,9-12,15,17,22,32H,1,7-8,13-14H2,2H3,(H,29,30,31). The number of nitrogens with zero attached hydrogens (tertiary/aromatic N) is 2. The van der Waals surface area contributed by atoms with Gasteiger partial charge in [0.15, 0.2) is 5.65 Å². The van der Waals surface area contributed by atoms with Gasteiger partial charge in [0, 0.05) is 11.5 Å². The lowest BCUT2D eigenvalue weighted by molar-refractivity contribution is 0.118. The van der Waals surface area contributed by atoms with Gasteiger partial charge in [0.1, 0.15) is 11.9 Å². The number of allylic oxidation sites excluding steroid dienone is 1. The van der Waals surface area contributed by atoms with E-state index in [-0.39, 0.29) is 17.8 Å². The van der Waals surface area contributed by atoms with Crippen molar-refractivity contribution in [2.75, 3.05) is 7.11 Å². The second-order valence-electron chi connectivity index (χ2n) is 8.62. The first kappa shape index (κ1) is 22.3. The Morgan fingerprint density at radius 2 is 1.59 bits per heavy atom. The van der Waals surface area contributed by atoms with E-state index in [4.69, 9.17) is 26.1 Å². The molecule has 174 valence electrons. The highest BCUT2D eigenvalue weighted by molar-refractivity contribution is 6.33. The van der Waals surface area contributed by atoms with E-state index in [9.17, 15) is 5.11 Å². The average molecular weight is 476 g/mol. The van der Waals surface area contributed by atoms with Crippen LogP contribution in [-0.4, -0.2) is 33.3 Å². The highest BCUT2D eigenvalue weighted by Gasteiger charge is 2.25. The van der Waals surface area contributed by atoms with Crippen molar-refractivity contribution in [3.63, 3.8) is 0 Å². The van der Waals surface area contributed by atoms with Crippen LogP contribution in [0.2, 0.25) is 5.02 Å². The summed E-state index contributed by atoms with van der Waals surface area (Å²) in [5, 5.41) is 10.2. The third-order valence-corrected chi connectivity index (χ3v) is 6.70. The van der Waals surface area contributed by atoms with Gasteiger partial charge in [-0.2, -0.15) is 4.98 Å². The van der Waals surface area contributed by atoms with E-state index in [1.165, 1.54) is 0 Å². The molecule has 0 atom stereocenters. The first-order chi connectivity index (χ1) is 16.5. The maximum Gasteiger partial charge on any atom is 0.296 e. The van der Waals surface area contributed by atoms with Crippen LogP contribution in [0.15, 0.2) is 66.9 Å². The summed E-state index contributed by atoms with van der Waals surface area (Å²) >= 11 is 6.58. The first-order valence-electron chi connectivity index (χ1n) is 11.4. The lowest BCUT2D eigenvalue weighted by atomic mass is 9.86. The van der Waals surface area contributed by atoms with Crippen LogP contribution in [-0.2, 0) is 0 Å². The average Bonchev–Trinajstić information content (AvgIpc) is 3.25. The minimum absolute atomic E-state index is 0.0524. The number of hydrogen-bond acceptors (Lipinski definition) is 5. The lowest BCUT2D eigenvalue weighted by Crippen LogP contribution is -2.25. The molecule has 34 heavy (non-hydrogen) atoms. The molecule has 0 unspecified atom stereocenters. The van der Waals surface area contributed by atoms with Gasteiger partial charge < -0.3 is 19.6 Å². The predicted octanol–water partition coefficient (Wildman–Crippen LogP) is 6.96. The van der Waals surface area contributed by atoms with E-state index in [0.29, 0.717) is 22.4 Å². The molecule has 2 aromatic heterocycles. The Bertz CT molecular complexity index is 1310. The molecule has 5 rings (SSSR count). The highest BCUT2D eigenvalue weighted by Crippen LogP contribution is 2.33. The van der Waals surface area contributed by atoms with Crippen molar-refractivity contribution in [1.29, 1.82) is 0 Å². The number of ether oxygens (including phenoxy) is 2. The summed E-state index contributed by atoms with van der Waals surface area (Å²) < 4.78 is 11.3. The fourth-order valence-electron chi connectivity index (χ4n) is 4.43. The third kappa shape index (κ3) is 4.59. The zero-order chi connectivity index (χ0) is 23.7. The summed E-state index contributed by atoms with van der Waals surface area (Å²) in [5.74, 6) is 1.26. The van der Waals surface area contributed by atoms with Gasteiger partial charge in [-0.05, 0) is 55.0 Å². The molecule has 0 saturated heterocycles. The van der Waals surface area contributed by atoms with Gasteiger partial charge in [0.2, 0.25) is 0 Å². The molecule has 2 heterocycles. The fraction of sp³-hybridized carbons (Fsp3) is 0.259. The smallest absolute Gasteiger partial charge is 0.296 e. The van der Waals surface area contributed by atoms with E-state index in [1.54, 1.807) is 7.11 Å². The number of hydrogen-bond donors (Lipinski definition) is 2. The number of halogens is 1. The molecule has 1 saturated carbocycles. The maximum absolute atomic E-state index is 9.61. The van der Waals surface area contributed by atoms with Crippen LogP contribution in [0.3, 0.4) is 0 Å². The second-order valence-corrected chi connectivity index (χ2v) is 9.03. The van der Waals surface area contributed by atoms with Gasteiger partial charge in [0.25, 0.3) is 6.01 Å². The predicted molar refractivity (Wildman–Crippen MR) is 134 cm³/mol. The number of rotatable bonds is 6. The number of fused-ring (bicyclic) bond motifs is 1. The maximum atomic E-state index is 9.61. The van der Waals surface area contributed by atoms with Crippen molar-refractivity contribution in [3.8, 4) is 34.1 Å². The topological polar surface area (TPSA) is 80.3 Å². The number of methoxy groups -OCH3 is 1. The summed E-state index contributed by atoms with van der Waals surface area (Å²) in [4.78, 5) is 12.4. The van der Waals surface area contributed by atoms with E-state index in [2.05, 4.69) is 28.7 Å². The molecule has 0 amide bonds. The van der Waals surface area contributed by atoms with Gasteiger partial charge in [-0.3, -0.25) is 0 Å². The van der Waals surface area contributed by atoms with E-state index in [0.717, 1.165) is 53.6 Å². The molecular formula is C27H26ClN3O3. The third-order valence-electron chi connectivity index (χ3n) is 6.41. The number of H-pyrrole nitrogens is 1. The Morgan fingerprint density at radius 3 is 2.21 bits per heavy atom. The SMILES string of the molecule is C=C(O)C1CCC(Oc2nc3nc(-c4ccc(-c5ccc(OC)cc5)cc4)c(Cl)cc3[nH]2)CC1. The Morgan fingerprint density at radius 1 is 0.971 bits per heavy atom. The van der Waals surface area contributed by atoms with Crippen molar-refractivity contribution in [3.05, 3.63) is 72.0 Å².